The number of benzene rings is 2. The molecule has 2 amide bonds. The van der Waals surface area contributed by atoms with Crippen molar-refractivity contribution in [3.63, 3.8) is 0 Å². The number of amides is 2. The third-order valence-corrected chi connectivity index (χ3v) is 3.56. The Morgan fingerprint density at radius 1 is 0.964 bits per heavy atom. The summed E-state index contributed by atoms with van der Waals surface area (Å²) >= 11 is 0. The van der Waals surface area contributed by atoms with Crippen LogP contribution in [0.15, 0.2) is 42.5 Å². The minimum atomic E-state index is -0.825. The fraction of sp³-hybridized carbons (Fsp3) is 0.176. The van der Waals surface area contributed by atoms with Gasteiger partial charge >= 0.3 is 0 Å². The van der Waals surface area contributed by atoms with Crippen molar-refractivity contribution in [3.8, 4) is 0 Å². The predicted molar refractivity (Wildman–Crippen MR) is 98.4 cm³/mol. The highest BCUT2D eigenvalue weighted by Crippen LogP contribution is 2.23. The average Bonchev–Trinajstić information content (AvgIpc) is 2.67. The van der Waals surface area contributed by atoms with E-state index < -0.39 is 27.1 Å². The highest BCUT2D eigenvalue weighted by molar-refractivity contribution is 6.05. The van der Waals surface area contributed by atoms with Gasteiger partial charge in [0, 0.05) is 37.0 Å². The molecule has 146 valence electrons. The highest BCUT2D eigenvalue weighted by atomic mass is 16.6. The Bertz CT molecular complexity index is 897. The van der Waals surface area contributed by atoms with Crippen molar-refractivity contribution in [1.29, 1.82) is 0 Å². The fourth-order valence-electron chi connectivity index (χ4n) is 2.25. The van der Waals surface area contributed by atoms with E-state index in [4.69, 9.17) is 4.74 Å². The highest BCUT2D eigenvalue weighted by Gasteiger charge is 2.20. The van der Waals surface area contributed by atoms with E-state index in [1.165, 1.54) is 31.4 Å². The summed E-state index contributed by atoms with van der Waals surface area (Å²) in [4.78, 5) is 44.6. The maximum Gasteiger partial charge on any atom is 0.277 e. The lowest BCUT2D eigenvalue weighted by Gasteiger charge is -2.08. The molecule has 2 rings (SSSR count). The minimum Gasteiger partial charge on any atom is -0.383 e. The number of hydrogen-bond donors (Lipinski definition) is 2. The molecular weight excluding hydrogens is 372 g/mol. The third kappa shape index (κ3) is 5.32. The number of nitro benzene ring substituents is 2. The molecule has 0 saturated heterocycles. The first kappa shape index (κ1) is 20.5. The summed E-state index contributed by atoms with van der Waals surface area (Å²) in [6, 6.07) is 8.63. The van der Waals surface area contributed by atoms with Crippen molar-refractivity contribution in [3.05, 3.63) is 73.8 Å². The Labute approximate surface area is 158 Å². The van der Waals surface area contributed by atoms with Crippen LogP contribution >= 0.6 is 0 Å². The van der Waals surface area contributed by atoms with Crippen LogP contribution in [0, 0.1) is 20.2 Å². The van der Waals surface area contributed by atoms with Gasteiger partial charge in [0.1, 0.15) is 0 Å². The van der Waals surface area contributed by atoms with Crippen molar-refractivity contribution < 1.29 is 24.2 Å². The van der Waals surface area contributed by atoms with Gasteiger partial charge in [-0.2, -0.15) is 0 Å². The molecule has 0 fully saturated rings. The van der Waals surface area contributed by atoms with Crippen LogP contribution in [-0.2, 0) is 4.74 Å². The third-order valence-electron chi connectivity index (χ3n) is 3.56. The first-order valence-corrected chi connectivity index (χ1v) is 7.94. The number of carbonyl (C=O) groups excluding carboxylic acids is 2. The number of nitrogens with zero attached hydrogens (tertiary/aromatic N) is 2. The molecule has 0 saturated carbocycles. The van der Waals surface area contributed by atoms with Crippen LogP contribution < -0.4 is 10.6 Å². The van der Waals surface area contributed by atoms with E-state index in [0.717, 1.165) is 18.2 Å². The molecule has 2 aromatic carbocycles. The molecule has 11 heteroatoms. The van der Waals surface area contributed by atoms with Crippen LogP contribution in [0.5, 0.6) is 0 Å². The largest absolute Gasteiger partial charge is 0.383 e. The lowest BCUT2D eigenvalue weighted by molar-refractivity contribution is -0.394. The van der Waals surface area contributed by atoms with Crippen LogP contribution in [0.3, 0.4) is 0 Å². The molecular formula is C17H16N4O7. The molecule has 0 heterocycles. The van der Waals surface area contributed by atoms with E-state index in [0.29, 0.717) is 13.2 Å². The molecule has 0 radical (unpaired) electrons. The van der Waals surface area contributed by atoms with Gasteiger partial charge in [0.25, 0.3) is 23.2 Å². The maximum absolute atomic E-state index is 12.4. The summed E-state index contributed by atoms with van der Waals surface area (Å²) in [6.07, 6.45) is 0. The number of carbonyl (C=O) groups is 2. The second kappa shape index (κ2) is 9.19. The summed E-state index contributed by atoms with van der Waals surface area (Å²) < 4.78 is 4.84. The predicted octanol–water partition coefficient (Wildman–Crippen LogP) is 2.13. The Morgan fingerprint density at radius 3 is 2.18 bits per heavy atom. The lowest BCUT2D eigenvalue weighted by atomic mass is 10.1. The van der Waals surface area contributed by atoms with Crippen LogP contribution in [0.2, 0.25) is 0 Å². The van der Waals surface area contributed by atoms with Crippen molar-refractivity contribution in [2.45, 2.75) is 0 Å². The number of rotatable bonds is 8. The summed E-state index contributed by atoms with van der Waals surface area (Å²) in [5.41, 5.74) is -0.885. The second-order valence-electron chi connectivity index (χ2n) is 5.54. The molecule has 0 aliphatic rings. The van der Waals surface area contributed by atoms with Gasteiger partial charge in [-0.25, -0.2) is 0 Å². The van der Waals surface area contributed by atoms with Gasteiger partial charge in [-0.1, -0.05) is 6.07 Å². The molecule has 0 unspecified atom stereocenters. The van der Waals surface area contributed by atoms with Crippen molar-refractivity contribution in [2.75, 3.05) is 25.6 Å². The van der Waals surface area contributed by atoms with Gasteiger partial charge in [0.2, 0.25) is 0 Å². The Hall–Kier alpha value is -3.86. The SMILES string of the molecule is COCCNC(=O)c1cccc(NC(=O)c2cc([N+](=O)[O-])cc([N+](=O)[O-])c2)c1. The van der Waals surface area contributed by atoms with Gasteiger partial charge in [-0.3, -0.25) is 29.8 Å². The normalized spacial score (nSPS) is 10.2. The molecule has 0 aliphatic carbocycles. The molecule has 0 bridgehead atoms. The number of hydrogen-bond acceptors (Lipinski definition) is 7. The fourth-order valence-corrected chi connectivity index (χ4v) is 2.25. The van der Waals surface area contributed by atoms with Gasteiger partial charge in [0.05, 0.1) is 28.1 Å². The molecule has 0 spiro atoms. The number of methoxy groups -OCH3 is 1. The summed E-state index contributed by atoms with van der Waals surface area (Å²) in [5, 5.41) is 27.0. The Balaban J connectivity index is 2.21. The molecule has 28 heavy (non-hydrogen) atoms. The van der Waals surface area contributed by atoms with Crippen molar-refractivity contribution >= 4 is 28.9 Å². The molecule has 2 aromatic rings. The molecule has 0 atom stereocenters. The van der Waals surface area contributed by atoms with Crippen LogP contribution in [0.4, 0.5) is 17.1 Å². The zero-order valence-electron chi connectivity index (χ0n) is 14.7. The molecule has 2 N–H and O–H groups in total. The number of nitrogens with one attached hydrogen (secondary N) is 2. The lowest BCUT2D eigenvalue weighted by Crippen LogP contribution is -2.27. The number of nitro groups is 2. The van der Waals surface area contributed by atoms with Gasteiger partial charge in [-0.15, -0.1) is 0 Å². The zero-order chi connectivity index (χ0) is 20.7. The molecule has 0 aliphatic heterocycles. The smallest absolute Gasteiger partial charge is 0.277 e. The molecule has 0 aromatic heterocycles. The van der Waals surface area contributed by atoms with Crippen LogP contribution in [0.1, 0.15) is 20.7 Å². The maximum atomic E-state index is 12.4. The first-order chi connectivity index (χ1) is 13.3. The van der Waals surface area contributed by atoms with E-state index in [1.807, 2.05) is 0 Å². The van der Waals surface area contributed by atoms with E-state index in [9.17, 15) is 29.8 Å². The van der Waals surface area contributed by atoms with Crippen LogP contribution in [-0.4, -0.2) is 41.9 Å². The van der Waals surface area contributed by atoms with E-state index in [-0.39, 0.29) is 22.7 Å². The second-order valence-corrected chi connectivity index (χ2v) is 5.54. The van der Waals surface area contributed by atoms with Gasteiger partial charge in [-0.05, 0) is 18.2 Å². The summed E-state index contributed by atoms with van der Waals surface area (Å²) in [5.74, 6) is -1.16. The summed E-state index contributed by atoms with van der Waals surface area (Å²) in [7, 11) is 1.50. The number of ether oxygens (including phenoxy) is 1. The van der Waals surface area contributed by atoms with E-state index >= 15 is 0 Å². The quantitative estimate of drug-likeness (QED) is 0.399. The van der Waals surface area contributed by atoms with E-state index in [2.05, 4.69) is 10.6 Å². The average molecular weight is 388 g/mol. The number of non-ortho nitro benzene ring substituents is 2. The molecule has 11 nitrogen and oxygen atoms in total. The first-order valence-electron chi connectivity index (χ1n) is 7.94. The minimum absolute atomic E-state index is 0.249. The van der Waals surface area contributed by atoms with Crippen molar-refractivity contribution in [1.82, 2.24) is 5.32 Å². The van der Waals surface area contributed by atoms with Crippen molar-refractivity contribution in [2.24, 2.45) is 0 Å². The topological polar surface area (TPSA) is 154 Å². The standard InChI is InChI=1S/C17H16N4O7/c1-28-6-5-18-16(22)11-3-2-4-13(7-11)19-17(23)12-8-14(20(24)25)10-15(9-12)21(26)27/h2-4,7-10H,5-6H2,1H3,(H,18,22)(H,19,23). The van der Waals surface area contributed by atoms with Gasteiger partial charge < -0.3 is 15.4 Å². The zero-order valence-corrected chi connectivity index (χ0v) is 14.7. The summed E-state index contributed by atoms with van der Waals surface area (Å²) in [6.45, 7) is 0.650. The van der Waals surface area contributed by atoms with Gasteiger partial charge in [0.15, 0.2) is 0 Å². The van der Waals surface area contributed by atoms with E-state index in [1.54, 1.807) is 0 Å². The Kier molecular flexibility index (Phi) is 6.71. The van der Waals surface area contributed by atoms with Crippen LogP contribution in [0.25, 0.3) is 0 Å². The number of anilines is 1. The Morgan fingerprint density at radius 2 is 1.61 bits per heavy atom. The monoisotopic (exact) mass is 388 g/mol.